The number of benzene rings is 3. The van der Waals surface area contributed by atoms with E-state index in [4.69, 9.17) is 21.7 Å². The molecule has 29 heavy (non-hydrogen) atoms. The zero-order valence-electron chi connectivity index (χ0n) is 15.9. The van der Waals surface area contributed by atoms with Gasteiger partial charge < -0.3 is 14.8 Å². The molecule has 1 heterocycles. The number of nitrogens with one attached hydrogen (secondary N) is 3. The van der Waals surface area contributed by atoms with Crippen LogP contribution < -0.4 is 25.6 Å². The van der Waals surface area contributed by atoms with Gasteiger partial charge in [-0.1, -0.05) is 42.5 Å². The number of rotatable bonds is 5. The summed E-state index contributed by atoms with van der Waals surface area (Å²) in [6.45, 7) is 0. The van der Waals surface area contributed by atoms with E-state index in [9.17, 15) is 0 Å². The Kier molecular flexibility index (Phi) is 5.63. The Morgan fingerprint density at radius 2 is 1.66 bits per heavy atom. The lowest BCUT2D eigenvalue weighted by Crippen LogP contribution is -2.39. The van der Waals surface area contributed by atoms with E-state index in [1.165, 1.54) is 0 Å². The molecule has 0 spiro atoms. The summed E-state index contributed by atoms with van der Waals surface area (Å²) >= 11 is 5.41. The minimum Gasteiger partial charge on any atom is -0.497 e. The number of fused-ring (bicyclic) bond motifs is 1. The third-order valence-electron chi connectivity index (χ3n) is 4.54. The van der Waals surface area contributed by atoms with Gasteiger partial charge in [0.05, 0.1) is 12.8 Å². The quantitative estimate of drug-likeness (QED) is 0.426. The highest BCUT2D eigenvalue weighted by Crippen LogP contribution is 2.35. The fourth-order valence-electron chi connectivity index (χ4n) is 3.08. The van der Waals surface area contributed by atoms with Crippen molar-refractivity contribution in [3.05, 3.63) is 96.1 Å². The van der Waals surface area contributed by atoms with Crippen LogP contribution in [0.5, 0.6) is 11.5 Å². The SMILES string of the molecule is COc1ccc(NC(=S)NNC2=C[C@H](c3ccccc3)Oc3ccccc32)cc1. The van der Waals surface area contributed by atoms with E-state index < -0.39 is 0 Å². The van der Waals surface area contributed by atoms with E-state index in [1.54, 1.807) is 7.11 Å². The standard InChI is InChI=1S/C23H21N3O2S/c1-27-18-13-11-17(12-14-18)24-23(29)26-25-20-15-22(16-7-3-2-4-8-16)28-21-10-6-5-9-19(20)21/h2-15,22,25H,1H3,(H2,24,26,29)/t22-/m1/s1. The molecule has 4 rings (SSSR count). The molecule has 0 saturated carbocycles. The molecular weight excluding hydrogens is 382 g/mol. The molecule has 1 aliphatic rings. The predicted molar refractivity (Wildman–Crippen MR) is 120 cm³/mol. The lowest BCUT2D eigenvalue weighted by atomic mass is 10.0. The van der Waals surface area contributed by atoms with Gasteiger partial charge in [-0.25, -0.2) is 0 Å². The van der Waals surface area contributed by atoms with E-state index in [0.717, 1.165) is 34.0 Å². The molecule has 0 radical (unpaired) electrons. The molecule has 6 heteroatoms. The van der Waals surface area contributed by atoms with Crippen molar-refractivity contribution in [1.82, 2.24) is 10.9 Å². The molecule has 0 amide bonds. The van der Waals surface area contributed by atoms with Crippen LogP contribution >= 0.6 is 12.2 Å². The van der Waals surface area contributed by atoms with Crippen LogP contribution in [-0.2, 0) is 0 Å². The van der Waals surface area contributed by atoms with Crippen molar-refractivity contribution < 1.29 is 9.47 Å². The lowest BCUT2D eigenvalue weighted by Gasteiger charge is -2.27. The van der Waals surface area contributed by atoms with E-state index >= 15 is 0 Å². The van der Waals surface area contributed by atoms with Gasteiger partial charge in [0, 0.05) is 11.3 Å². The van der Waals surface area contributed by atoms with Gasteiger partial charge >= 0.3 is 0 Å². The second kappa shape index (κ2) is 8.67. The molecule has 3 N–H and O–H groups in total. The average molecular weight is 404 g/mol. The number of hydrazine groups is 1. The largest absolute Gasteiger partial charge is 0.497 e. The molecule has 5 nitrogen and oxygen atoms in total. The van der Waals surface area contributed by atoms with E-state index in [2.05, 4.69) is 28.3 Å². The molecule has 1 aliphatic heterocycles. The van der Waals surface area contributed by atoms with Gasteiger partial charge in [0.25, 0.3) is 0 Å². The summed E-state index contributed by atoms with van der Waals surface area (Å²) in [5.74, 6) is 1.62. The van der Waals surface area contributed by atoms with E-state index in [0.29, 0.717) is 5.11 Å². The third-order valence-corrected chi connectivity index (χ3v) is 4.74. The van der Waals surface area contributed by atoms with E-state index in [1.807, 2.05) is 72.8 Å². The number of hydrogen-bond donors (Lipinski definition) is 3. The monoisotopic (exact) mass is 403 g/mol. The second-order valence-electron chi connectivity index (χ2n) is 6.46. The molecule has 0 aliphatic carbocycles. The summed E-state index contributed by atoms with van der Waals surface area (Å²) < 4.78 is 11.3. The highest BCUT2D eigenvalue weighted by atomic mass is 32.1. The summed E-state index contributed by atoms with van der Waals surface area (Å²) in [5, 5.41) is 3.60. The zero-order valence-corrected chi connectivity index (χ0v) is 16.7. The Balaban J connectivity index is 1.47. The Morgan fingerprint density at radius 3 is 2.41 bits per heavy atom. The Bertz CT molecular complexity index is 1020. The molecule has 0 bridgehead atoms. The highest BCUT2D eigenvalue weighted by molar-refractivity contribution is 7.80. The molecule has 3 aromatic rings. The summed E-state index contributed by atoms with van der Waals surface area (Å²) in [5.41, 5.74) is 10.1. The fourth-order valence-corrected chi connectivity index (χ4v) is 3.25. The molecule has 0 saturated heterocycles. The Hall–Kier alpha value is -3.51. The van der Waals surface area contributed by atoms with Crippen LogP contribution in [-0.4, -0.2) is 12.2 Å². The van der Waals surface area contributed by atoms with Gasteiger partial charge in [0.1, 0.15) is 17.6 Å². The minimum absolute atomic E-state index is 0.182. The topological polar surface area (TPSA) is 54.5 Å². The number of methoxy groups -OCH3 is 1. The van der Waals surface area contributed by atoms with Crippen molar-refractivity contribution in [1.29, 1.82) is 0 Å². The summed E-state index contributed by atoms with van der Waals surface area (Å²) in [6.07, 6.45) is 1.86. The number of para-hydroxylation sites is 1. The first kappa shape index (κ1) is 18.8. The summed E-state index contributed by atoms with van der Waals surface area (Å²) in [6, 6.07) is 25.6. The normalized spacial score (nSPS) is 14.7. The van der Waals surface area contributed by atoms with Crippen molar-refractivity contribution in [2.75, 3.05) is 12.4 Å². The van der Waals surface area contributed by atoms with Crippen molar-refractivity contribution in [2.24, 2.45) is 0 Å². The van der Waals surface area contributed by atoms with E-state index in [-0.39, 0.29) is 6.10 Å². The van der Waals surface area contributed by atoms with Gasteiger partial charge in [-0.2, -0.15) is 0 Å². The maximum absolute atomic E-state index is 6.17. The fraction of sp³-hybridized carbons (Fsp3) is 0.0870. The number of anilines is 1. The molecule has 0 unspecified atom stereocenters. The first-order chi connectivity index (χ1) is 14.2. The summed E-state index contributed by atoms with van der Waals surface area (Å²) in [4.78, 5) is 0. The van der Waals surface area contributed by atoms with Crippen LogP contribution in [0.4, 0.5) is 5.69 Å². The molecule has 1 atom stereocenters. The maximum atomic E-state index is 6.17. The van der Waals surface area contributed by atoms with Crippen LogP contribution in [0.25, 0.3) is 5.70 Å². The number of ether oxygens (including phenoxy) is 2. The number of thiocarbonyl (C=S) groups is 1. The van der Waals surface area contributed by atoms with Gasteiger partial charge in [0.2, 0.25) is 0 Å². The van der Waals surface area contributed by atoms with Crippen molar-refractivity contribution >= 4 is 28.7 Å². The maximum Gasteiger partial charge on any atom is 0.189 e. The minimum atomic E-state index is -0.182. The summed E-state index contributed by atoms with van der Waals surface area (Å²) in [7, 11) is 1.64. The second-order valence-corrected chi connectivity index (χ2v) is 6.87. The first-order valence-electron chi connectivity index (χ1n) is 9.23. The highest BCUT2D eigenvalue weighted by Gasteiger charge is 2.21. The van der Waals surface area contributed by atoms with Crippen LogP contribution in [0.3, 0.4) is 0 Å². The zero-order chi connectivity index (χ0) is 20.1. The van der Waals surface area contributed by atoms with Gasteiger partial charge in [-0.3, -0.25) is 10.9 Å². The molecule has 3 aromatic carbocycles. The van der Waals surface area contributed by atoms with Gasteiger partial charge in [0.15, 0.2) is 5.11 Å². The molecule has 0 aromatic heterocycles. The third kappa shape index (κ3) is 4.50. The Morgan fingerprint density at radius 1 is 0.931 bits per heavy atom. The van der Waals surface area contributed by atoms with Crippen LogP contribution in [0, 0.1) is 0 Å². The van der Waals surface area contributed by atoms with Crippen LogP contribution in [0.1, 0.15) is 17.2 Å². The molecule has 0 fully saturated rings. The van der Waals surface area contributed by atoms with Crippen LogP contribution in [0.15, 0.2) is 84.9 Å². The molecule has 146 valence electrons. The number of hydrogen-bond acceptors (Lipinski definition) is 4. The first-order valence-corrected chi connectivity index (χ1v) is 9.63. The van der Waals surface area contributed by atoms with Crippen LogP contribution in [0.2, 0.25) is 0 Å². The molecular formula is C23H21N3O2S. The van der Waals surface area contributed by atoms with Crippen molar-refractivity contribution in [3.8, 4) is 11.5 Å². The Labute approximate surface area is 175 Å². The van der Waals surface area contributed by atoms with Gasteiger partial charge in [-0.05, 0) is 60.3 Å². The van der Waals surface area contributed by atoms with Crippen molar-refractivity contribution in [2.45, 2.75) is 6.10 Å². The van der Waals surface area contributed by atoms with Crippen molar-refractivity contribution in [3.63, 3.8) is 0 Å². The predicted octanol–water partition coefficient (Wildman–Crippen LogP) is 4.66. The van der Waals surface area contributed by atoms with Gasteiger partial charge in [-0.15, -0.1) is 0 Å². The average Bonchev–Trinajstić information content (AvgIpc) is 2.78. The smallest absolute Gasteiger partial charge is 0.189 e. The lowest BCUT2D eigenvalue weighted by molar-refractivity contribution is 0.249.